The van der Waals surface area contributed by atoms with E-state index in [1.165, 1.54) is 0 Å². The van der Waals surface area contributed by atoms with Crippen LogP contribution in [-0.4, -0.2) is 54.5 Å². The Hall–Kier alpha value is -1.82. The number of ether oxygens (including phenoxy) is 1. The molecule has 24 heavy (non-hydrogen) atoms. The van der Waals surface area contributed by atoms with Gasteiger partial charge in [0.25, 0.3) is 0 Å². The van der Waals surface area contributed by atoms with Crippen molar-refractivity contribution in [3.8, 4) is 0 Å². The highest BCUT2D eigenvalue weighted by Gasteiger charge is 2.36. The normalized spacial score (nSPS) is 24.9. The first-order chi connectivity index (χ1) is 11.6. The van der Waals surface area contributed by atoms with Crippen LogP contribution in [0.25, 0.3) is 0 Å². The SMILES string of the molecule is CCC(=O)N1CCC[C@H](C(=O)N2CCOC[C@@H]2c2ccc(C)o2)C1. The van der Waals surface area contributed by atoms with Gasteiger partial charge in [-0.2, -0.15) is 0 Å². The van der Waals surface area contributed by atoms with E-state index in [0.717, 1.165) is 30.9 Å². The zero-order valence-corrected chi connectivity index (χ0v) is 14.5. The Labute approximate surface area is 142 Å². The molecule has 3 rings (SSSR count). The predicted octanol–water partition coefficient (Wildman–Crippen LogP) is 2.14. The lowest BCUT2D eigenvalue weighted by atomic mass is 9.95. The lowest BCUT2D eigenvalue weighted by Gasteiger charge is -2.39. The molecule has 0 spiro atoms. The van der Waals surface area contributed by atoms with Gasteiger partial charge in [0.2, 0.25) is 11.8 Å². The number of carbonyl (C=O) groups is 2. The number of amides is 2. The maximum Gasteiger partial charge on any atom is 0.228 e. The molecule has 0 bridgehead atoms. The van der Waals surface area contributed by atoms with Crippen molar-refractivity contribution in [2.45, 2.75) is 39.2 Å². The molecule has 6 nitrogen and oxygen atoms in total. The van der Waals surface area contributed by atoms with Gasteiger partial charge in [-0.25, -0.2) is 0 Å². The van der Waals surface area contributed by atoms with Gasteiger partial charge >= 0.3 is 0 Å². The molecule has 0 aromatic carbocycles. The summed E-state index contributed by atoms with van der Waals surface area (Å²) in [4.78, 5) is 28.8. The van der Waals surface area contributed by atoms with Gasteiger partial charge < -0.3 is 19.0 Å². The van der Waals surface area contributed by atoms with Crippen molar-refractivity contribution in [1.82, 2.24) is 9.80 Å². The van der Waals surface area contributed by atoms with Crippen LogP contribution in [0.4, 0.5) is 0 Å². The monoisotopic (exact) mass is 334 g/mol. The van der Waals surface area contributed by atoms with Crippen LogP contribution in [0.1, 0.15) is 43.7 Å². The van der Waals surface area contributed by atoms with Crippen molar-refractivity contribution in [2.75, 3.05) is 32.8 Å². The number of furan rings is 1. The van der Waals surface area contributed by atoms with E-state index in [2.05, 4.69) is 0 Å². The van der Waals surface area contributed by atoms with E-state index < -0.39 is 0 Å². The number of morpholine rings is 1. The molecule has 1 aromatic rings. The van der Waals surface area contributed by atoms with Crippen molar-refractivity contribution >= 4 is 11.8 Å². The van der Waals surface area contributed by atoms with Crippen molar-refractivity contribution in [3.05, 3.63) is 23.7 Å². The Bertz CT molecular complexity index is 598. The average Bonchev–Trinajstić information content (AvgIpc) is 3.06. The summed E-state index contributed by atoms with van der Waals surface area (Å²) < 4.78 is 11.3. The fraction of sp³-hybridized carbons (Fsp3) is 0.667. The molecule has 2 aliphatic rings. The van der Waals surface area contributed by atoms with E-state index in [1.54, 1.807) is 0 Å². The number of rotatable bonds is 3. The molecular formula is C18H26N2O4. The first kappa shape index (κ1) is 17.0. The summed E-state index contributed by atoms with van der Waals surface area (Å²) in [5.41, 5.74) is 0. The third-order valence-corrected chi connectivity index (χ3v) is 4.93. The minimum atomic E-state index is -0.169. The van der Waals surface area contributed by atoms with Gasteiger partial charge in [-0.15, -0.1) is 0 Å². The Morgan fingerprint density at radius 2 is 2.12 bits per heavy atom. The van der Waals surface area contributed by atoms with Gasteiger partial charge in [-0.3, -0.25) is 9.59 Å². The Morgan fingerprint density at radius 3 is 2.83 bits per heavy atom. The molecule has 1 aromatic heterocycles. The van der Waals surface area contributed by atoms with E-state index in [1.807, 2.05) is 35.8 Å². The number of aryl methyl sites for hydroxylation is 1. The zero-order valence-electron chi connectivity index (χ0n) is 14.5. The Morgan fingerprint density at radius 1 is 1.29 bits per heavy atom. The zero-order chi connectivity index (χ0) is 17.1. The van der Waals surface area contributed by atoms with Crippen molar-refractivity contribution in [2.24, 2.45) is 5.92 Å². The van der Waals surface area contributed by atoms with E-state index in [-0.39, 0.29) is 23.8 Å². The van der Waals surface area contributed by atoms with E-state index >= 15 is 0 Å². The number of hydrogen-bond donors (Lipinski definition) is 0. The fourth-order valence-electron chi connectivity index (χ4n) is 3.60. The standard InChI is InChI=1S/C18H26N2O4/c1-3-17(21)19-8-4-5-14(11-19)18(22)20-9-10-23-12-15(20)16-7-6-13(2)24-16/h6-7,14-15H,3-5,8-12H2,1-2H3/t14-,15+/m0/s1. The summed E-state index contributed by atoms with van der Waals surface area (Å²) in [5, 5.41) is 0. The van der Waals surface area contributed by atoms with E-state index in [9.17, 15) is 9.59 Å². The van der Waals surface area contributed by atoms with Gasteiger partial charge in [-0.1, -0.05) is 6.92 Å². The highest BCUT2D eigenvalue weighted by Crippen LogP contribution is 2.29. The molecule has 0 radical (unpaired) electrons. The van der Waals surface area contributed by atoms with Crippen LogP contribution in [0.5, 0.6) is 0 Å². The number of nitrogens with zero attached hydrogens (tertiary/aromatic N) is 2. The summed E-state index contributed by atoms with van der Waals surface area (Å²) >= 11 is 0. The predicted molar refractivity (Wildman–Crippen MR) is 88.3 cm³/mol. The second-order valence-electron chi connectivity index (χ2n) is 6.60. The van der Waals surface area contributed by atoms with Crippen LogP contribution >= 0.6 is 0 Å². The molecule has 132 valence electrons. The second-order valence-corrected chi connectivity index (χ2v) is 6.60. The minimum Gasteiger partial charge on any atom is -0.464 e. The minimum absolute atomic E-state index is 0.117. The molecule has 2 aliphatic heterocycles. The molecule has 2 atom stereocenters. The summed E-state index contributed by atoms with van der Waals surface area (Å²) in [6, 6.07) is 3.66. The third kappa shape index (κ3) is 3.48. The second kappa shape index (κ2) is 7.38. The topological polar surface area (TPSA) is 63.0 Å². The number of piperidine rings is 1. The van der Waals surface area contributed by atoms with Crippen LogP contribution in [0.15, 0.2) is 16.5 Å². The third-order valence-electron chi connectivity index (χ3n) is 4.93. The maximum absolute atomic E-state index is 13.1. The lowest BCUT2D eigenvalue weighted by molar-refractivity contribution is -0.148. The van der Waals surface area contributed by atoms with E-state index in [4.69, 9.17) is 9.15 Å². The maximum atomic E-state index is 13.1. The molecule has 2 amide bonds. The van der Waals surface area contributed by atoms with Crippen molar-refractivity contribution in [1.29, 1.82) is 0 Å². The molecule has 2 fully saturated rings. The average molecular weight is 334 g/mol. The van der Waals surface area contributed by atoms with Crippen molar-refractivity contribution in [3.63, 3.8) is 0 Å². The molecule has 3 heterocycles. The number of likely N-dealkylation sites (tertiary alicyclic amines) is 1. The molecule has 0 aliphatic carbocycles. The summed E-state index contributed by atoms with van der Waals surface area (Å²) in [6.07, 6.45) is 2.22. The number of carbonyl (C=O) groups excluding carboxylic acids is 2. The molecule has 2 saturated heterocycles. The van der Waals surface area contributed by atoms with Gasteiger partial charge in [0.1, 0.15) is 17.6 Å². The first-order valence-corrected chi connectivity index (χ1v) is 8.82. The lowest BCUT2D eigenvalue weighted by Crippen LogP contribution is -2.50. The van der Waals surface area contributed by atoms with Gasteiger partial charge in [0.15, 0.2) is 0 Å². The quantitative estimate of drug-likeness (QED) is 0.849. The van der Waals surface area contributed by atoms with Crippen molar-refractivity contribution < 1.29 is 18.7 Å². The van der Waals surface area contributed by atoms with Crippen LogP contribution in [0.3, 0.4) is 0 Å². The summed E-state index contributed by atoms with van der Waals surface area (Å²) in [6.45, 7) is 6.64. The van der Waals surface area contributed by atoms with Crippen LogP contribution in [0.2, 0.25) is 0 Å². The summed E-state index contributed by atoms with van der Waals surface area (Å²) in [7, 11) is 0. The highest BCUT2D eigenvalue weighted by atomic mass is 16.5. The molecule has 0 unspecified atom stereocenters. The van der Waals surface area contributed by atoms with Gasteiger partial charge in [-0.05, 0) is 31.9 Å². The van der Waals surface area contributed by atoms with Gasteiger partial charge in [0, 0.05) is 26.1 Å². The van der Waals surface area contributed by atoms with Crippen LogP contribution < -0.4 is 0 Å². The summed E-state index contributed by atoms with van der Waals surface area (Å²) in [5.74, 6) is 1.74. The molecule has 0 N–H and O–H groups in total. The highest BCUT2D eigenvalue weighted by molar-refractivity contribution is 5.81. The van der Waals surface area contributed by atoms with Crippen LogP contribution in [0, 0.1) is 12.8 Å². The van der Waals surface area contributed by atoms with E-state index in [0.29, 0.717) is 32.7 Å². The Balaban J connectivity index is 1.73. The van der Waals surface area contributed by atoms with Crippen LogP contribution in [-0.2, 0) is 14.3 Å². The fourth-order valence-corrected chi connectivity index (χ4v) is 3.60. The van der Waals surface area contributed by atoms with Gasteiger partial charge in [0.05, 0.1) is 19.1 Å². The molecule has 6 heteroatoms. The molecule has 0 saturated carbocycles. The molecular weight excluding hydrogens is 308 g/mol. The first-order valence-electron chi connectivity index (χ1n) is 8.82. The largest absolute Gasteiger partial charge is 0.464 e. The smallest absolute Gasteiger partial charge is 0.228 e. The number of hydrogen-bond acceptors (Lipinski definition) is 4. The Kier molecular flexibility index (Phi) is 5.23.